The molecular formula is C12H20F3NO2. The molecule has 0 heterocycles. The number of aliphatic hydroxyl groups excluding tert-OH is 1. The molecule has 0 radical (unpaired) electrons. The van der Waals surface area contributed by atoms with Crippen LogP contribution in [0.3, 0.4) is 0 Å². The summed E-state index contributed by atoms with van der Waals surface area (Å²) in [5.74, 6) is -0.324. The molecule has 2 atom stereocenters. The van der Waals surface area contributed by atoms with Gasteiger partial charge in [-0.1, -0.05) is 0 Å². The van der Waals surface area contributed by atoms with E-state index in [4.69, 9.17) is 5.11 Å². The molecule has 18 heavy (non-hydrogen) atoms. The van der Waals surface area contributed by atoms with Crippen LogP contribution in [0.5, 0.6) is 0 Å². The lowest BCUT2D eigenvalue weighted by Gasteiger charge is -2.30. The van der Waals surface area contributed by atoms with Crippen LogP contribution in [0.2, 0.25) is 0 Å². The predicted octanol–water partition coefficient (Wildman–Crippen LogP) is 2.34. The summed E-state index contributed by atoms with van der Waals surface area (Å²) in [7, 11) is 0. The molecule has 6 heteroatoms. The minimum Gasteiger partial charge on any atom is -0.393 e. The number of amides is 1. The Kier molecular flexibility index (Phi) is 5.01. The summed E-state index contributed by atoms with van der Waals surface area (Å²) in [5.41, 5.74) is 0. The minimum absolute atomic E-state index is 0.0369. The number of rotatable bonds is 6. The van der Waals surface area contributed by atoms with Crippen LogP contribution in [0.1, 0.15) is 39.5 Å². The first-order chi connectivity index (χ1) is 8.20. The van der Waals surface area contributed by atoms with Crippen LogP contribution in [0, 0.1) is 5.92 Å². The van der Waals surface area contributed by atoms with Gasteiger partial charge in [-0.05, 0) is 39.0 Å². The smallest absolute Gasteiger partial charge is 0.393 e. The Morgan fingerprint density at radius 3 is 2.33 bits per heavy atom. The van der Waals surface area contributed by atoms with Crippen LogP contribution in [0.15, 0.2) is 0 Å². The summed E-state index contributed by atoms with van der Waals surface area (Å²) < 4.78 is 37.4. The molecule has 1 amide bonds. The van der Waals surface area contributed by atoms with Crippen molar-refractivity contribution in [2.75, 3.05) is 6.54 Å². The second-order valence-corrected chi connectivity index (χ2v) is 5.10. The van der Waals surface area contributed by atoms with E-state index in [2.05, 4.69) is 0 Å². The second kappa shape index (κ2) is 5.91. The molecule has 2 unspecified atom stereocenters. The van der Waals surface area contributed by atoms with Crippen molar-refractivity contribution in [3.05, 3.63) is 0 Å². The standard InChI is InChI=1S/C12H20F3NO2/c1-8(17)3-6-11(18)16(7-12(13,14)15)9(2)10-4-5-10/h8-10,17H,3-7H2,1-2H3. The van der Waals surface area contributed by atoms with E-state index in [9.17, 15) is 18.0 Å². The van der Waals surface area contributed by atoms with E-state index < -0.39 is 24.7 Å². The second-order valence-electron chi connectivity index (χ2n) is 5.10. The number of aliphatic hydroxyl groups is 1. The van der Waals surface area contributed by atoms with Crippen LogP contribution in [0.25, 0.3) is 0 Å². The largest absolute Gasteiger partial charge is 0.406 e. The van der Waals surface area contributed by atoms with Crippen LogP contribution in [-0.4, -0.2) is 40.8 Å². The van der Waals surface area contributed by atoms with Crippen molar-refractivity contribution < 1.29 is 23.1 Å². The van der Waals surface area contributed by atoms with Crippen LogP contribution >= 0.6 is 0 Å². The molecule has 0 saturated heterocycles. The van der Waals surface area contributed by atoms with E-state index in [1.165, 1.54) is 6.92 Å². The maximum Gasteiger partial charge on any atom is 0.406 e. The monoisotopic (exact) mass is 267 g/mol. The normalized spacial score (nSPS) is 19.4. The van der Waals surface area contributed by atoms with Crippen molar-refractivity contribution in [2.24, 2.45) is 5.92 Å². The fourth-order valence-electron chi connectivity index (χ4n) is 1.96. The number of carbonyl (C=O) groups is 1. The summed E-state index contributed by atoms with van der Waals surface area (Å²) >= 11 is 0. The average molecular weight is 267 g/mol. The Morgan fingerprint density at radius 2 is 1.94 bits per heavy atom. The van der Waals surface area contributed by atoms with Crippen molar-refractivity contribution in [1.82, 2.24) is 4.90 Å². The molecule has 0 aromatic heterocycles. The van der Waals surface area contributed by atoms with Gasteiger partial charge in [0.25, 0.3) is 0 Å². The summed E-state index contributed by atoms with van der Waals surface area (Å²) in [6, 6.07) is -0.367. The highest BCUT2D eigenvalue weighted by Gasteiger charge is 2.40. The average Bonchev–Trinajstić information content (AvgIpc) is 3.03. The first-order valence-corrected chi connectivity index (χ1v) is 6.25. The van der Waals surface area contributed by atoms with Gasteiger partial charge in [-0.25, -0.2) is 0 Å². The van der Waals surface area contributed by atoms with Gasteiger partial charge >= 0.3 is 6.18 Å². The van der Waals surface area contributed by atoms with E-state index in [0.29, 0.717) is 0 Å². The number of halogens is 3. The summed E-state index contributed by atoms with van der Waals surface area (Å²) in [6.45, 7) is 2.00. The van der Waals surface area contributed by atoms with E-state index in [1.807, 2.05) is 0 Å². The summed E-state index contributed by atoms with van der Waals surface area (Å²) in [4.78, 5) is 12.7. The highest BCUT2D eigenvalue weighted by atomic mass is 19.4. The Balaban J connectivity index is 2.60. The lowest BCUT2D eigenvalue weighted by molar-refractivity contribution is -0.166. The molecule has 1 fully saturated rings. The molecule has 0 aliphatic heterocycles. The molecule has 1 aliphatic carbocycles. The third-order valence-corrected chi connectivity index (χ3v) is 3.24. The van der Waals surface area contributed by atoms with Gasteiger partial charge in [0.1, 0.15) is 6.54 Å². The Hall–Kier alpha value is -0.780. The lowest BCUT2D eigenvalue weighted by Crippen LogP contribution is -2.45. The third kappa shape index (κ3) is 5.25. The molecule has 1 saturated carbocycles. The highest BCUT2D eigenvalue weighted by Crippen LogP contribution is 2.36. The molecule has 1 rings (SSSR count). The molecule has 1 aliphatic rings. The number of carbonyl (C=O) groups excluding carboxylic acids is 1. The Morgan fingerprint density at radius 1 is 1.39 bits per heavy atom. The molecule has 1 N–H and O–H groups in total. The number of hydrogen-bond donors (Lipinski definition) is 1. The number of nitrogens with zero attached hydrogens (tertiary/aromatic N) is 1. The molecule has 0 aromatic carbocycles. The molecular weight excluding hydrogens is 247 g/mol. The minimum atomic E-state index is -4.37. The van der Waals surface area contributed by atoms with Gasteiger partial charge in [0.15, 0.2) is 0 Å². The van der Waals surface area contributed by atoms with Crippen molar-refractivity contribution in [1.29, 1.82) is 0 Å². The molecule has 106 valence electrons. The van der Waals surface area contributed by atoms with Gasteiger partial charge in [-0.3, -0.25) is 4.79 Å². The zero-order valence-corrected chi connectivity index (χ0v) is 10.7. The highest BCUT2D eigenvalue weighted by molar-refractivity contribution is 5.76. The van der Waals surface area contributed by atoms with Crippen LogP contribution < -0.4 is 0 Å². The van der Waals surface area contributed by atoms with Crippen LogP contribution in [-0.2, 0) is 4.79 Å². The van der Waals surface area contributed by atoms with Gasteiger partial charge < -0.3 is 10.0 Å². The Bertz CT molecular complexity index is 288. The molecule has 0 aromatic rings. The van der Waals surface area contributed by atoms with Gasteiger partial charge in [-0.15, -0.1) is 0 Å². The van der Waals surface area contributed by atoms with Gasteiger partial charge in [0.2, 0.25) is 5.91 Å². The third-order valence-electron chi connectivity index (χ3n) is 3.24. The maximum absolute atomic E-state index is 12.5. The van der Waals surface area contributed by atoms with Gasteiger partial charge in [0.05, 0.1) is 6.10 Å². The fraction of sp³-hybridized carbons (Fsp3) is 0.917. The molecule has 3 nitrogen and oxygen atoms in total. The van der Waals surface area contributed by atoms with Crippen molar-refractivity contribution in [3.63, 3.8) is 0 Å². The summed E-state index contributed by atoms with van der Waals surface area (Å²) in [6.07, 6.45) is -3.10. The van der Waals surface area contributed by atoms with Crippen molar-refractivity contribution in [3.8, 4) is 0 Å². The van der Waals surface area contributed by atoms with Gasteiger partial charge in [0, 0.05) is 12.5 Å². The van der Waals surface area contributed by atoms with Crippen LogP contribution in [0.4, 0.5) is 13.2 Å². The first-order valence-electron chi connectivity index (χ1n) is 6.25. The predicted molar refractivity (Wildman–Crippen MR) is 60.9 cm³/mol. The summed E-state index contributed by atoms with van der Waals surface area (Å²) in [5, 5.41) is 9.08. The topological polar surface area (TPSA) is 40.5 Å². The molecule has 0 spiro atoms. The lowest BCUT2D eigenvalue weighted by atomic mass is 10.1. The maximum atomic E-state index is 12.5. The first kappa shape index (κ1) is 15.3. The SMILES string of the molecule is CC(O)CCC(=O)N(CC(F)(F)F)C(C)C1CC1. The van der Waals surface area contributed by atoms with E-state index in [1.54, 1.807) is 6.92 Å². The zero-order valence-electron chi connectivity index (χ0n) is 10.7. The quantitative estimate of drug-likeness (QED) is 0.802. The zero-order chi connectivity index (χ0) is 13.9. The van der Waals surface area contributed by atoms with Gasteiger partial charge in [-0.2, -0.15) is 13.2 Å². The number of hydrogen-bond acceptors (Lipinski definition) is 2. The van der Waals surface area contributed by atoms with Crippen molar-refractivity contribution in [2.45, 2.75) is 57.9 Å². The Labute approximate surface area is 105 Å². The van der Waals surface area contributed by atoms with E-state index in [-0.39, 0.29) is 24.8 Å². The fourth-order valence-corrected chi connectivity index (χ4v) is 1.96. The van der Waals surface area contributed by atoms with E-state index >= 15 is 0 Å². The van der Waals surface area contributed by atoms with E-state index in [0.717, 1.165) is 17.7 Å². The van der Waals surface area contributed by atoms with Crippen molar-refractivity contribution >= 4 is 5.91 Å². The number of alkyl halides is 3. The molecule has 0 bridgehead atoms.